The lowest BCUT2D eigenvalue weighted by atomic mass is 10.1. The minimum absolute atomic E-state index is 0.0435. The van der Waals surface area contributed by atoms with E-state index in [1.54, 1.807) is 0 Å². The number of anilines is 2. The minimum atomic E-state index is -1.47. The molecule has 2 aromatic rings. The van der Waals surface area contributed by atoms with Crippen molar-refractivity contribution >= 4 is 17.6 Å². The Hall–Kier alpha value is -2.64. The van der Waals surface area contributed by atoms with Crippen LogP contribution in [-0.2, 0) is 0 Å². The minimum Gasteiger partial charge on any atom is -0.478 e. The van der Waals surface area contributed by atoms with E-state index in [9.17, 15) is 13.6 Å². The van der Waals surface area contributed by atoms with E-state index in [0.29, 0.717) is 12.1 Å². The molecule has 2 rings (SSSR count). The van der Waals surface area contributed by atoms with E-state index in [4.69, 9.17) is 5.11 Å². The van der Waals surface area contributed by atoms with Crippen molar-refractivity contribution in [2.45, 2.75) is 0 Å². The number of aromatic nitrogens is 3. The van der Waals surface area contributed by atoms with Crippen molar-refractivity contribution in [3.05, 3.63) is 42.0 Å². The number of aromatic carboxylic acids is 1. The Morgan fingerprint density at radius 3 is 2.50 bits per heavy atom. The normalized spacial score (nSPS) is 10.1. The highest BCUT2D eigenvalue weighted by Crippen LogP contribution is 2.24. The lowest BCUT2D eigenvalue weighted by molar-refractivity contribution is 0.0697. The van der Waals surface area contributed by atoms with Crippen LogP contribution in [0.5, 0.6) is 0 Å². The Labute approximate surface area is 99.3 Å². The van der Waals surface area contributed by atoms with Gasteiger partial charge in [-0.3, -0.25) is 0 Å². The van der Waals surface area contributed by atoms with Crippen LogP contribution >= 0.6 is 0 Å². The topological polar surface area (TPSA) is 88.0 Å². The zero-order valence-corrected chi connectivity index (χ0v) is 8.76. The first-order chi connectivity index (χ1) is 8.58. The fraction of sp³-hybridized carbons (Fsp3) is 0. The van der Waals surface area contributed by atoms with Crippen molar-refractivity contribution in [1.29, 1.82) is 0 Å². The van der Waals surface area contributed by atoms with Crippen LogP contribution in [0.4, 0.5) is 20.4 Å². The summed E-state index contributed by atoms with van der Waals surface area (Å²) in [6.07, 6.45) is 2.30. The van der Waals surface area contributed by atoms with Crippen molar-refractivity contribution in [2.24, 2.45) is 0 Å². The van der Waals surface area contributed by atoms with Crippen LogP contribution in [0.15, 0.2) is 24.8 Å². The third kappa shape index (κ3) is 2.37. The molecular formula is C10H6F2N4O2. The number of carboxylic acid groups (broad SMARTS) is 1. The smallest absolute Gasteiger partial charge is 0.338 e. The molecule has 0 saturated heterocycles. The Kier molecular flexibility index (Phi) is 3.09. The van der Waals surface area contributed by atoms with E-state index < -0.39 is 28.9 Å². The largest absolute Gasteiger partial charge is 0.478 e. The van der Waals surface area contributed by atoms with Gasteiger partial charge in [0.25, 0.3) is 0 Å². The van der Waals surface area contributed by atoms with Crippen molar-refractivity contribution in [2.75, 3.05) is 5.32 Å². The molecule has 0 saturated carbocycles. The van der Waals surface area contributed by atoms with Gasteiger partial charge < -0.3 is 10.4 Å². The molecule has 1 aromatic carbocycles. The van der Waals surface area contributed by atoms with Crippen molar-refractivity contribution in [3.8, 4) is 0 Å². The molecule has 0 bridgehead atoms. The Balaban J connectivity index is 2.47. The molecular weight excluding hydrogens is 246 g/mol. The van der Waals surface area contributed by atoms with Gasteiger partial charge in [-0.05, 0) is 6.07 Å². The standard InChI is InChI=1S/C10H6F2N4O2/c11-5-1-6(9(17)18)8(7(12)2-5)16-10-14-3-13-4-15-10/h1-4H,(H,17,18)(H,13,14,15,16). The third-order valence-electron chi connectivity index (χ3n) is 2.02. The predicted octanol–water partition coefficient (Wildman–Crippen LogP) is 1.59. The molecule has 0 amide bonds. The van der Waals surface area contributed by atoms with Gasteiger partial charge in [-0.2, -0.15) is 0 Å². The van der Waals surface area contributed by atoms with Crippen molar-refractivity contribution in [1.82, 2.24) is 15.0 Å². The quantitative estimate of drug-likeness (QED) is 0.862. The number of carbonyl (C=O) groups is 1. The summed E-state index contributed by atoms with van der Waals surface area (Å²) in [4.78, 5) is 21.7. The highest BCUT2D eigenvalue weighted by Gasteiger charge is 2.17. The summed E-state index contributed by atoms with van der Waals surface area (Å²) in [7, 11) is 0. The fourth-order valence-electron chi connectivity index (χ4n) is 1.28. The molecule has 8 heteroatoms. The van der Waals surface area contributed by atoms with Crippen molar-refractivity contribution in [3.63, 3.8) is 0 Å². The average Bonchev–Trinajstić information content (AvgIpc) is 2.33. The Bertz CT molecular complexity index is 592. The number of nitrogens with one attached hydrogen (secondary N) is 1. The molecule has 0 atom stereocenters. The molecule has 0 unspecified atom stereocenters. The van der Waals surface area contributed by atoms with Crippen LogP contribution in [0.1, 0.15) is 10.4 Å². The maximum absolute atomic E-state index is 13.5. The number of hydrogen-bond donors (Lipinski definition) is 2. The maximum Gasteiger partial charge on any atom is 0.338 e. The van der Waals surface area contributed by atoms with E-state index in [2.05, 4.69) is 20.3 Å². The molecule has 0 fully saturated rings. The number of benzene rings is 1. The predicted molar refractivity (Wildman–Crippen MR) is 56.4 cm³/mol. The summed E-state index contributed by atoms with van der Waals surface area (Å²) in [5, 5.41) is 11.2. The summed E-state index contributed by atoms with van der Waals surface area (Å²) < 4.78 is 26.5. The molecule has 1 aromatic heterocycles. The van der Waals surface area contributed by atoms with E-state index in [-0.39, 0.29) is 5.95 Å². The monoisotopic (exact) mass is 252 g/mol. The van der Waals surface area contributed by atoms with Gasteiger partial charge in [0.1, 0.15) is 18.5 Å². The lowest BCUT2D eigenvalue weighted by Gasteiger charge is -2.08. The maximum atomic E-state index is 13.5. The molecule has 0 aliphatic carbocycles. The molecule has 1 heterocycles. The molecule has 18 heavy (non-hydrogen) atoms. The summed E-state index contributed by atoms with van der Waals surface area (Å²) in [6, 6.07) is 1.27. The SMILES string of the molecule is O=C(O)c1cc(F)cc(F)c1Nc1ncncn1. The Morgan fingerprint density at radius 2 is 1.89 bits per heavy atom. The van der Waals surface area contributed by atoms with E-state index >= 15 is 0 Å². The zero-order chi connectivity index (χ0) is 13.1. The summed E-state index contributed by atoms with van der Waals surface area (Å²) >= 11 is 0. The van der Waals surface area contributed by atoms with Gasteiger partial charge in [-0.25, -0.2) is 28.5 Å². The molecule has 0 aliphatic heterocycles. The fourth-order valence-corrected chi connectivity index (χ4v) is 1.28. The van der Waals surface area contributed by atoms with Crippen LogP contribution in [-0.4, -0.2) is 26.0 Å². The van der Waals surface area contributed by atoms with Crippen LogP contribution in [0, 0.1) is 11.6 Å². The van der Waals surface area contributed by atoms with Crippen LogP contribution in [0.2, 0.25) is 0 Å². The molecule has 0 radical (unpaired) electrons. The second-order valence-corrected chi connectivity index (χ2v) is 3.20. The summed E-state index contributed by atoms with van der Waals surface area (Å²) in [5.74, 6) is -3.54. The van der Waals surface area contributed by atoms with E-state index in [1.165, 1.54) is 0 Å². The average molecular weight is 252 g/mol. The number of carboxylic acids is 1. The highest BCUT2D eigenvalue weighted by molar-refractivity contribution is 5.95. The van der Waals surface area contributed by atoms with Crippen LogP contribution < -0.4 is 5.32 Å². The van der Waals surface area contributed by atoms with Gasteiger partial charge in [0, 0.05) is 6.07 Å². The first-order valence-electron chi connectivity index (χ1n) is 4.69. The first kappa shape index (κ1) is 11.8. The molecule has 0 aliphatic rings. The van der Waals surface area contributed by atoms with E-state index in [1.807, 2.05) is 0 Å². The first-order valence-corrected chi connectivity index (χ1v) is 4.69. The molecule has 0 spiro atoms. The van der Waals surface area contributed by atoms with Gasteiger partial charge in [0.15, 0.2) is 5.82 Å². The van der Waals surface area contributed by atoms with Crippen LogP contribution in [0.3, 0.4) is 0 Å². The molecule has 92 valence electrons. The van der Waals surface area contributed by atoms with E-state index in [0.717, 1.165) is 12.7 Å². The number of hydrogen-bond acceptors (Lipinski definition) is 5. The number of halogens is 2. The second-order valence-electron chi connectivity index (χ2n) is 3.20. The second kappa shape index (κ2) is 4.70. The summed E-state index contributed by atoms with van der Waals surface area (Å²) in [6.45, 7) is 0. The van der Waals surface area contributed by atoms with Crippen LogP contribution in [0.25, 0.3) is 0 Å². The van der Waals surface area contributed by atoms with Gasteiger partial charge in [-0.1, -0.05) is 0 Å². The number of rotatable bonds is 3. The highest BCUT2D eigenvalue weighted by atomic mass is 19.1. The third-order valence-corrected chi connectivity index (χ3v) is 2.02. The lowest BCUT2D eigenvalue weighted by Crippen LogP contribution is -2.07. The zero-order valence-electron chi connectivity index (χ0n) is 8.76. The van der Waals surface area contributed by atoms with Gasteiger partial charge >= 0.3 is 5.97 Å². The number of nitrogens with zero attached hydrogens (tertiary/aromatic N) is 3. The van der Waals surface area contributed by atoms with Gasteiger partial charge in [0.2, 0.25) is 5.95 Å². The molecule has 6 nitrogen and oxygen atoms in total. The summed E-state index contributed by atoms with van der Waals surface area (Å²) in [5.41, 5.74) is -0.956. The van der Waals surface area contributed by atoms with Gasteiger partial charge in [0.05, 0.1) is 11.3 Å². The van der Waals surface area contributed by atoms with Crippen molar-refractivity contribution < 1.29 is 18.7 Å². The van der Waals surface area contributed by atoms with Gasteiger partial charge in [-0.15, -0.1) is 0 Å². The Morgan fingerprint density at radius 1 is 1.22 bits per heavy atom. The molecule has 2 N–H and O–H groups in total.